The van der Waals surface area contributed by atoms with Crippen molar-refractivity contribution in [2.75, 3.05) is 13.1 Å². The van der Waals surface area contributed by atoms with E-state index < -0.39 is 40.8 Å². The van der Waals surface area contributed by atoms with Crippen LogP contribution < -0.4 is 16.2 Å². The van der Waals surface area contributed by atoms with Crippen molar-refractivity contribution in [1.29, 1.82) is 0 Å². The second-order valence-electron chi connectivity index (χ2n) is 7.69. The van der Waals surface area contributed by atoms with E-state index in [4.69, 9.17) is 21.5 Å². The van der Waals surface area contributed by atoms with Crippen molar-refractivity contribution in [3.8, 4) is 0 Å². The minimum absolute atomic E-state index is 0.0396. The molecule has 25 heavy (non-hydrogen) atoms. The molecular formula is C13H27BN4O6S. The van der Waals surface area contributed by atoms with Crippen molar-refractivity contribution in [3.05, 3.63) is 0 Å². The quantitative estimate of drug-likeness (QED) is 0.251. The van der Waals surface area contributed by atoms with Gasteiger partial charge in [-0.1, -0.05) is 20.3 Å². The van der Waals surface area contributed by atoms with Crippen LogP contribution in [-0.2, 0) is 15.0 Å². The van der Waals surface area contributed by atoms with Gasteiger partial charge in [-0.15, -0.1) is 0 Å². The van der Waals surface area contributed by atoms with Crippen LogP contribution in [0.5, 0.6) is 0 Å². The summed E-state index contributed by atoms with van der Waals surface area (Å²) in [6, 6.07) is -0.702. The molecule has 1 saturated heterocycles. The van der Waals surface area contributed by atoms with E-state index in [9.17, 15) is 18.3 Å². The van der Waals surface area contributed by atoms with E-state index in [-0.39, 0.29) is 37.3 Å². The zero-order chi connectivity index (χ0) is 19.2. The molecule has 12 heteroatoms. The molecule has 0 aromatic carbocycles. The van der Waals surface area contributed by atoms with Gasteiger partial charge in [0.2, 0.25) is 0 Å². The van der Waals surface area contributed by atoms with Crippen LogP contribution in [0.25, 0.3) is 0 Å². The van der Waals surface area contributed by atoms with E-state index in [0.29, 0.717) is 6.42 Å². The third-order valence-electron chi connectivity index (χ3n) is 5.53. The molecule has 2 rings (SSSR count). The van der Waals surface area contributed by atoms with E-state index >= 15 is 0 Å². The first-order valence-electron chi connectivity index (χ1n) is 8.23. The summed E-state index contributed by atoms with van der Waals surface area (Å²) < 4.78 is 28.7. The summed E-state index contributed by atoms with van der Waals surface area (Å²) in [7, 11) is -5.41. The number of nitrogens with two attached hydrogens (primary N) is 2. The SMILES string of the molecule is CC1(C)[C@@H](N)[C@@H]1NS(=O)(=O)N1C[C@H](CCCB(O)O)[C@](N)(C(=O)O)C1. The Morgan fingerprint density at radius 2 is 1.96 bits per heavy atom. The van der Waals surface area contributed by atoms with Gasteiger partial charge in [-0.3, -0.25) is 4.79 Å². The zero-order valence-electron chi connectivity index (χ0n) is 14.4. The maximum absolute atomic E-state index is 12.6. The summed E-state index contributed by atoms with van der Waals surface area (Å²) in [6.45, 7) is 3.32. The minimum Gasteiger partial charge on any atom is -0.480 e. The number of aliphatic carboxylic acids is 1. The van der Waals surface area contributed by atoms with Gasteiger partial charge in [-0.2, -0.15) is 17.4 Å². The predicted octanol–water partition coefficient (Wildman–Crippen LogP) is -2.48. The number of hydrogen-bond donors (Lipinski definition) is 6. The maximum atomic E-state index is 12.6. The number of nitrogens with one attached hydrogen (secondary N) is 1. The lowest BCUT2D eigenvalue weighted by atomic mass is 9.78. The molecule has 0 radical (unpaired) electrons. The maximum Gasteiger partial charge on any atom is 0.451 e. The van der Waals surface area contributed by atoms with Gasteiger partial charge >= 0.3 is 13.1 Å². The second kappa shape index (κ2) is 6.76. The topological polar surface area (TPSA) is 179 Å². The molecule has 0 spiro atoms. The van der Waals surface area contributed by atoms with E-state index in [0.717, 1.165) is 4.31 Å². The Bertz CT molecular complexity index is 630. The van der Waals surface area contributed by atoms with Gasteiger partial charge in [0.1, 0.15) is 5.54 Å². The molecule has 0 aromatic heterocycles. The Balaban J connectivity index is 2.08. The molecule has 144 valence electrons. The van der Waals surface area contributed by atoms with Crippen LogP contribution >= 0.6 is 0 Å². The van der Waals surface area contributed by atoms with E-state index in [1.807, 2.05) is 13.8 Å². The van der Waals surface area contributed by atoms with Gasteiger partial charge in [0.25, 0.3) is 10.2 Å². The van der Waals surface area contributed by atoms with Gasteiger partial charge in [0, 0.05) is 31.1 Å². The van der Waals surface area contributed by atoms with Crippen molar-refractivity contribution in [2.24, 2.45) is 22.8 Å². The highest BCUT2D eigenvalue weighted by molar-refractivity contribution is 7.87. The Kier molecular flexibility index (Phi) is 5.56. The molecule has 1 saturated carbocycles. The van der Waals surface area contributed by atoms with Crippen molar-refractivity contribution < 1.29 is 28.4 Å². The van der Waals surface area contributed by atoms with Crippen LogP contribution in [0.4, 0.5) is 0 Å². The Labute approximate surface area is 147 Å². The largest absolute Gasteiger partial charge is 0.480 e. The van der Waals surface area contributed by atoms with Gasteiger partial charge in [-0.25, -0.2) is 0 Å². The highest BCUT2D eigenvalue weighted by Gasteiger charge is 2.59. The van der Waals surface area contributed by atoms with Crippen LogP contribution in [0.15, 0.2) is 0 Å². The number of carboxylic acids is 1. The molecule has 4 atom stereocenters. The molecule has 0 aromatic rings. The molecule has 2 fully saturated rings. The van der Waals surface area contributed by atoms with Crippen molar-refractivity contribution >= 4 is 23.3 Å². The van der Waals surface area contributed by atoms with E-state index in [1.165, 1.54) is 0 Å². The molecule has 2 aliphatic rings. The second-order valence-corrected chi connectivity index (χ2v) is 9.40. The first-order chi connectivity index (χ1) is 11.3. The van der Waals surface area contributed by atoms with Gasteiger partial charge < -0.3 is 26.6 Å². The number of carbonyl (C=O) groups is 1. The number of hydrogen-bond acceptors (Lipinski definition) is 7. The van der Waals surface area contributed by atoms with Crippen LogP contribution in [0.2, 0.25) is 6.32 Å². The third kappa shape index (κ3) is 4.00. The molecule has 1 aliphatic carbocycles. The fourth-order valence-electron chi connectivity index (χ4n) is 3.35. The molecule has 0 bridgehead atoms. The number of nitrogens with zero attached hydrogens (tertiary/aromatic N) is 1. The van der Waals surface area contributed by atoms with Gasteiger partial charge in [0.15, 0.2) is 0 Å². The summed E-state index contributed by atoms with van der Waals surface area (Å²) in [5, 5.41) is 27.3. The lowest BCUT2D eigenvalue weighted by molar-refractivity contribution is -0.144. The molecule has 0 amide bonds. The summed E-state index contributed by atoms with van der Waals surface area (Å²) in [5.74, 6) is -1.90. The fraction of sp³-hybridized carbons (Fsp3) is 0.923. The molecule has 0 unspecified atom stereocenters. The van der Waals surface area contributed by atoms with Crippen LogP contribution in [0.1, 0.15) is 26.7 Å². The lowest BCUT2D eigenvalue weighted by Crippen LogP contribution is -2.55. The smallest absolute Gasteiger partial charge is 0.451 e. The zero-order valence-corrected chi connectivity index (χ0v) is 15.2. The van der Waals surface area contributed by atoms with Crippen molar-refractivity contribution in [2.45, 2.75) is 50.6 Å². The highest BCUT2D eigenvalue weighted by Crippen LogP contribution is 2.44. The van der Waals surface area contributed by atoms with Gasteiger partial charge in [0.05, 0.1) is 0 Å². The van der Waals surface area contributed by atoms with Gasteiger partial charge in [-0.05, 0) is 18.2 Å². The summed E-state index contributed by atoms with van der Waals surface area (Å²) >= 11 is 0. The standard InChI is InChI=1S/C13H27BN4O6S/c1-12(2)9(15)10(12)17-25(23,24)18-6-8(4-3-5-14(21)22)13(16,7-18)11(19)20/h8-10,17,21-22H,3-7,15-16H2,1-2H3,(H,19,20)/t8-,9-,10-,13-/m0/s1. The number of rotatable bonds is 8. The van der Waals surface area contributed by atoms with E-state index in [1.54, 1.807) is 0 Å². The van der Waals surface area contributed by atoms with E-state index in [2.05, 4.69) is 4.72 Å². The molecule has 10 nitrogen and oxygen atoms in total. The highest BCUT2D eigenvalue weighted by atomic mass is 32.2. The van der Waals surface area contributed by atoms with Crippen molar-refractivity contribution in [1.82, 2.24) is 9.03 Å². The first kappa shape index (κ1) is 20.6. The fourth-order valence-corrected chi connectivity index (χ4v) is 5.03. The molecule has 8 N–H and O–H groups in total. The van der Waals surface area contributed by atoms with Crippen LogP contribution in [0.3, 0.4) is 0 Å². The van der Waals surface area contributed by atoms with Crippen molar-refractivity contribution in [3.63, 3.8) is 0 Å². The summed E-state index contributed by atoms with van der Waals surface area (Å²) in [4.78, 5) is 11.6. The average molecular weight is 378 g/mol. The summed E-state index contributed by atoms with van der Waals surface area (Å²) in [6.07, 6.45) is 0.680. The minimum atomic E-state index is -3.92. The predicted molar refractivity (Wildman–Crippen MR) is 91.4 cm³/mol. The molecular weight excluding hydrogens is 351 g/mol. The average Bonchev–Trinajstić information content (AvgIpc) is 2.82. The normalized spacial score (nSPS) is 34.9. The summed E-state index contributed by atoms with van der Waals surface area (Å²) in [5.41, 5.74) is 9.79. The first-order valence-corrected chi connectivity index (χ1v) is 9.68. The Morgan fingerprint density at radius 3 is 2.40 bits per heavy atom. The molecule has 1 heterocycles. The van der Waals surface area contributed by atoms with Crippen LogP contribution in [-0.4, -0.2) is 71.7 Å². The lowest BCUT2D eigenvalue weighted by Gasteiger charge is -2.25. The Hall–Kier alpha value is -0.755. The third-order valence-corrected chi connectivity index (χ3v) is 7.04. The van der Waals surface area contributed by atoms with Crippen LogP contribution in [0, 0.1) is 11.3 Å². The number of carboxylic acid groups (broad SMARTS) is 1. The molecule has 1 aliphatic heterocycles. The Morgan fingerprint density at radius 1 is 1.40 bits per heavy atom. The monoisotopic (exact) mass is 378 g/mol.